The van der Waals surface area contributed by atoms with Gasteiger partial charge in [0.1, 0.15) is 0 Å². The van der Waals surface area contributed by atoms with Crippen LogP contribution in [0, 0.1) is 19.3 Å². The summed E-state index contributed by atoms with van der Waals surface area (Å²) >= 11 is 0. The van der Waals surface area contributed by atoms with E-state index in [0.29, 0.717) is 0 Å². The Hall–Kier alpha value is -4.48. The van der Waals surface area contributed by atoms with Gasteiger partial charge in [-0.25, -0.2) is 0 Å². The van der Waals surface area contributed by atoms with Gasteiger partial charge >= 0.3 is 0 Å². The van der Waals surface area contributed by atoms with E-state index in [1.165, 1.54) is 33.6 Å². The number of terminal acetylenes is 1. The van der Waals surface area contributed by atoms with Crippen LogP contribution in [-0.4, -0.2) is 0 Å². The number of hydrogen-bond acceptors (Lipinski definition) is 0. The third kappa shape index (κ3) is 3.63. The summed E-state index contributed by atoms with van der Waals surface area (Å²) in [6.07, 6.45) is 8.01. The van der Waals surface area contributed by atoms with Crippen molar-refractivity contribution < 1.29 is 9.13 Å². The predicted octanol–water partition coefficient (Wildman–Crippen LogP) is 6.16. The van der Waals surface area contributed by atoms with Crippen molar-refractivity contribution in [3.8, 4) is 46.0 Å². The van der Waals surface area contributed by atoms with E-state index >= 15 is 0 Å². The van der Waals surface area contributed by atoms with Crippen LogP contribution < -0.4 is 9.13 Å². The van der Waals surface area contributed by atoms with E-state index in [0.717, 1.165) is 23.4 Å². The van der Waals surface area contributed by atoms with E-state index in [-0.39, 0.29) is 6.04 Å². The zero-order valence-electron chi connectivity index (χ0n) is 19.7. The van der Waals surface area contributed by atoms with E-state index in [1.807, 2.05) is 12.1 Å². The molecule has 35 heavy (non-hydrogen) atoms. The second-order valence-electron chi connectivity index (χ2n) is 9.04. The zero-order chi connectivity index (χ0) is 23.8. The molecule has 166 valence electrons. The minimum absolute atomic E-state index is 0.190. The topological polar surface area (TPSA) is 7.76 Å². The summed E-state index contributed by atoms with van der Waals surface area (Å²) in [7, 11) is 0. The number of aryl methyl sites for hydroxylation is 1. The average molecular weight is 451 g/mol. The highest BCUT2D eigenvalue weighted by molar-refractivity contribution is 5.72. The molecule has 5 aromatic rings. The summed E-state index contributed by atoms with van der Waals surface area (Å²) in [5, 5.41) is 0. The number of nitrogens with zero attached hydrogens (tertiary/aromatic N) is 2. The molecule has 2 heteroatoms. The molecule has 0 amide bonds. The Morgan fingerprint density at radius 3 is 2.26 bits per heavy atom. The van der Waals surface area contributed by atoms with Crippen molar-refractivity contribution >= 4 is 0 Å². The number of aromatic nitrogens is 2. The van der Waals surface area contributed by atoms with Crippen LogP contribution >= 0.6 is 0 Å². The Labute approximate surface area is 206 Å². The number of pyridine rings is 2. The molecule has 0 N–H and O–H groups in total. The Morgan fingerprint density at radius 1 is 0.714 bits per heavy atom. The zero-order valence-corrected chi connectivity index (χ0v) is 19.7. The number of hydrogen-bond donors (Lipinski definition) is 0. The average Bonchev–Trinajstić information content (AvgIpc) is 3.23. The van der Waals surface area contributed by atoms with Crippen molar-refractivity contribution in [3.05, 3.63) is 132 Å². The second-order valence-corrected chi connectivity index (χ2v) is 9.04. The molecule has 0 spiro atoms. The molecule has 0 bridgehead atoms. The Bertz CT molecular complexity index is 1590. The van der Waals surface area contributed by atoms with Crippen molar-refractivity contribution in [3.63, 3.8) is 0 Å². The van der Waals surface area contributed by atoms with Gasteiger partial charge in [0.2, 0.25) is 24.0 Å². The smallest absolute Gasteiger partial charge is 0.191 e. The third-order valence-electron chi connectivity index (χ3n) is 6.98. The van der Waals surface area contributed by atoms with Gasteiger partial charge in [-0.3, -0.25) is 0 Å². The second kappa shape index (κ2) is 8.70. The molecule has 1 aliphatic heterocycles. The van der Waals surface area contributed by atoms with E-state index in [9.17, 15) is 0 Å². The lowest BCUT2D eigenvalue weighted by Gasteiger charge is -2.11. The van der Waals surface area contributed by atoms with Gasteiger partial charge in [-0.05, 0) is 35.4 Å². The van der Waals surface area contributed by atoms with E-state index in [1.54, 1.807) is 0 Å². The first-order valence-electron chi connectivity index (χ1n) is 12.0. The fraction of sp³-hybridized carbons (Fsp3) is 0.0909. The summed E-state index contributed by atoms with van der Waals surface area (Å²) in [5.74, 6) is 2.86. The molecule has 1 aliphatic rings. The highest BCUT2D eigenvalue weighted by Crippen LogP contribution is 2.36. The Kier molecular flexibility index (Phi) is 5.24. The monoisotopic (exact) mass is 450 g/mol. The summed E-state index contributed by atoms with van der Waals surface area (Å²) in [5.41, 5.74) is 10.8. The minimum atomic E-state index is 0.190. The standard InChI is InChI=1S/C33H26N2/c1-3-25-13-7-8-16-28(25)31-19-11-12-20-34(31)23-33-30-18-10-9-17-29(30)32-22-27(21-24(2)35(32)33)26-14-5-4-6-15-26/h1,4-22,33H,23H2,2H3/q+2. The van der Waals surface area contributed by atoms with Gasteiger partial charge in [0.05, 0.1) is 11.1 Å². The molecule has 3 heterocycles. The third-order valence-corrected chi connectivity index (χ3v) is 6.98. The SMILES string of the molecule is C#Cc1ccccc1-c1cccc[n+]1CC1c2ccccc2-c2cc(-c3ccccc3)cc(C)[n+]21. The van der Waals surface area contributed by atoms with Crippen LogP contribution in [0.1, 0.15) is 22.9 Å². The van der Waals surface area contributed by atoms with Gasteiger partial charge in [0.25, 0.3) is 0 Å². The Balaban J connectivity index is 1.49. The van der Waals surface area contributed by atoms with E-state index in [4.69, 9.17) is 6.42 Å². The van der Waals surface area contributed by atoms with Crippen molar-refractivity contribution in [2.24, 2.45) is 0 Å². The molecule has 0 saturated heterocycles. The molecule has 0 saturated carbocycles. The quantitative estimate of drug-likeness (QED) is 0.229. The number of fused-ring (bicyclic) bond motifs is 3. The lowest BCUT2D eigenvalue weighted by atomic mass is 10.0. The first-order valence-corrected chi connectivity index (χ1v) is 12.0. The predicted molar refractivity (Wildman–Crippen MR) is 140 cm³/mol. The largest absolute Gasteiger partial charge is 0.243 e. The van der Waals surface area contributed by atoms with E-state index < -0.39 is 0 Å². The van der Waals surface area contributed by atoms with Crippen LogP contribution in [0.4, 0.5) is 0 Å². The molecule has 2 nitrogen and oxygen atoms in total. The molecule has 6 rings (SSSR count). The lowest BCUT2D eigenvalue weighted by molar-refractivity contribution is -0.780. The van der Waals surface area contributed by atoms with Gasteiger partial charge in [-0.1, -0.05) is 66.6 Å². The fourth-order valence-corrected chi connectivity index (χ4v) is 5.40. The van der Waals surface area contributed by atoms with Crippen LogP contribution in [0.3, 0.4) is 0 Å². The highest BCUT2D eigenvalue weighted by atomic mass is 15.1. The summed E-state index contributed by atoms with van der Waals surface area (Å²) in [6.45, 7) is 3.04. The molecule has 0 fully saturated rings. The summed E-state index contributed by atoms with van der Waals surface area (Å²) < 4.78 is 4.83. The van der Waals surface area contributed by atoms with Crippen molar-refractivity contribution in [2.45, 2.75) is 19.5 Å². The van der Waals surface area contributed by atoms with Crippen molar-refractivity contribution in [1.29, 1.82) is 0 Å². The van der Waals surface area contributed by atoms with Gasteiger partial charge in [-0.2, -0.15) is 9.13 Å². The highest BCUT2D eigenvalue weighted by Gasteiger charge is 2.41. The first kappa shape index (κ1) is 21.1. The van der Waals surface area contributed by atoms with Crippen molar-refractivity contribution in [1.82, 2.24) is 0 Å². The molecule has 0 radical (unpaired) electrons. The first-order chi connectivity index (χ1) is 17.2. The van der Waals surface area contributed by atoms with E-state index in [2.05, 4.69) is 125 Å². The van der Waals surface area contributed by atoms with Gasteiger partial charge < -0.3 is 0 Å². The molecule has 0 aliphatic carbocycles. The summed E-state index contributed by atoms with van der Waals surface area (Å²) in [6, 6.07) is 38.8. The molecule has 1 atom stereocenters. The van der Waals surface area contributed by atoms with Gasteiger partial charge in [0.15, 0.2) is 11.9 Å². The van der Waals surface area contributed by atoms with Crippen LogP contribution in [-0.2, 0) is 6.54 Å². The van der Waals surface area contributed by atoms with Gasteiger partial charge in [-0.15, -0.1) is 6.42 Å². The molecule has 1 unspecified atom stereocenters. The van der Waals surface area contributed by atoms with Crippen LogP contribution in [0.15, 0.2) is 115 Å². The number of benzene rings is 3. The van der Waals surface area contributed by atoms with Crippen LogP contribution in [0.25, 0.3) is 33.6 Å². The minimum Gasteiger partial charge on any atom is -0.191 e. The number of rotatable bonds is 4. The van der Waals surface area contributed by atoms with Crippen LogP contribution in [0.5, 0.6) is 0 Å². The molecule has 2 aromatic heterocycles. The summed E-state index contributed by atoms with van der Waals surface area (Å²) in [4.78, 5) is 0. The van der Waals surface area contributed by atoms with Gasteiger partial charge in [0, 0.05) is 42.3 Å². The molecular weight excluding hydrogens is 424 g/mol. The fourth-order valence-electron chi connectivity index (χ4n) is 5.40. The Morgan fingerprint density at radius 2 is 1.43 bits per heavy atom. The maximum atomic E-state index is 5.85. The normalized spacial score (nSPS) is 13.7. The molecule has 3 aromatic carbocycles. The van der Waals surface area contributed by atoms with Crippen LogP contribution in [0.2, 0.25) is 0 Å². The maximum absolute atomic E-state index is 5.85. The van der Waals surface area contributed by atoms with Crippen molar-refractivity contribution in [2.75, 3.05) is 0 Å². The maximum Gasteiger partial charge on any atom is 0.243 e. The molecular formula is C33H26N2+2. The lowest BCUT2D eigenvalue weighted by Crippen LogP contribution is -2.50.